The molecule has 0 amide bonds. The second kappa shape index (κ2) is 6.02. The monoisotopic (exact) mass is 314 g/mol. The van der Waals surface area contributed by atoms with Crippen molar-refractivity contribution in [3.63, 3.8) is 0 Å². The van der Waals surface area contributed by atoms with E-state index in [1.165, 1.54) is 18.2 Å². The molecule has 0 spiro atoms. The average Bonchev–Trinajstić information content (AvgIpc) is 2.38. The summed E-state index contributed by atoms with van der Waals surface area (Å²) in [6.45, 7) is 8.13. The number of benzene rings is 1. The molecule has 1 N–H and O–H groups in total. The molecule has 21 heavy (non-hydrogen) atoms. The largest absolute Gasteiger partial charge is 0.298 e. The van der Waals surface area contributed by atoms with Gasteiger partial charge in [-0.05, 0) is 45.7 Å². The molecule has 0 saturated carbocycles. The number of nitrogens with one attached hydrogen (secondary N) is 1. The van der Waals surface area contributed by atoms with E-state index in [0.717, 1.165) is 32.0 Å². The van der Waals surface area contributed by atoms with Crippen LogP contribution in [0.1, 0.15) is 33.6 Å². The van der Waals surface area contributed by atoms with Crippen molar-refractivity contribution in [1.82, 2.24) is 9.62 Å². The molecular weight excluding hydrogens is 291 g/mol. The summed E-state index contributed by atoms with van der Waals surface area (Å²) in [4.78, 5) is 2.06. The summed E-state index contributed by atoms with van der Waals surface area (Å²) in [6.07, 6.45) is 1.48. The van der Waals surface area contributed by atoms with Gasteiger partial charge in [0.05, 0.1) is 0 Å². The highest BCUT2D eigenvalue weighted by Crippen LogP contribution is 2.22. The molecule has 1 aliphatic heterocycles. The maximum absolute atomic E-state index is 13.6. The number of halogens is 1. The third-order valence-electron chi connectivity index (χ3n) is 3.89. The highest BCUT2D eigenvalue weighted by Gasteiger charge is 2.30. The van der Waals surface area contributed by atoms with E-state index in [-0.39, 0.29) is 16.5 Å². The lowest BCUT2D eigenvalue weighted by molar-refractivity contribution is 0.100. The molecule has 118 valence electrons. The van der Waals surface area contributed by atoms with E-state index in [1.54, 1.807) is 0 Å². The molecule has 0 aliphatic carbocycles. The van der Waals surface area contributed by atoms with Crippen molar-refractivity contribution in [3.05, 3.63) is 30.1 Å². The molecule has 0 aromatic heterocycles. The molecule has 1 saturated heterocycles. The van der Waals surface area contributed by atoms with Crippen LogP contribution in [-0.2, 0) is 10.0 Å². The smallest absolute Gasteiger partial charge is 0.243 e. The topological polar surface area (TPSA) is 49.4 Å². The Morgan fingerprint density at radius 1 is 1.19 bits per heavy atom. The summed E-state index contributed by atoms with van der Waals surface area (Å²) >= 11 is 0. The van der Waals surface area contributed by atoms with E-state index in [4.69, 9.17) is 0 Å². The first-order valence-corrected chi connectivity index (χ1v) is 8.70. The van der Waals surface area contributed by atoms with Gasteiger partial charge in [-0.15, -0.1) is 0 Å². The van der Waals surface area contributed by atoms with Crippen LogP contribution in [0.4, 0.5) is 4.39 Å². The highest BCUT2D eigenvalue weighted by molar-refractivity contribution is 7.89. The van der Waals surface area contributed by atoms with Crippen molar-refractivity contribution in [2.75, 3.05) is 13.1 Å². The van der Waals surface area contributed by atoms with Crippen LogP contribution in [0.15, 0.2) is 29.2 Å². The molecule has 1 heterocycles. The number of nitrogens with zero attached hydrogens (tertiary/aromatic N) is 1. The average molecular weight is 314 g/mol. The van der Waals surface area contributed by atoms with Gasteiger partial charge in [0.2, 0.25) is 10.0 Å². The minimum absolute atomic E-state index is 0.0926. The maximum atomic E-state index is 13.6. The Morgan fingerprint density at radius 2 is 1.76 bits per heavy atom. The highest BCUT2D eigenvalue weighted by atomic mass is 32.2. The van der Waals surface area contributed by atoms with Crippen molar-refractivity contribution in [1.29, 1.82) is 0 Å². The quantitative estimate of drug-likeness (QED) is 0.932. The normalized spacial score (nSPS) is 18.9. The molecule has 4 nitrogen and oxygen atoms in total. The van der Waals surface area contributed by atoms with E-state index in [1.807, 2.05) is 0 Å². The fraction of sp³-hybridized carbons (Fsp3) is 0.600. The van der Waals surface area contributed by atoms with Gasteiger partial charge in [0.25, 0.3) is 0 Å². The van der Waals surface area contributed by atoms with Crippen molar-refractivity contribution in [2.24, 2.45) is 0 Å². The van der Waals surface area contributed by atoms with Crippen LogP contribution in [0.25, 0.3) is 0 Å². The van der Waals surface area contributed by atoms with E-state index in [0.29, 0.717) is 0 Å². The molecule has 0 bridgehead atoms. The van der Waals surface area contributed by atoms with E-state index in [2.05, 4.69) is 30.4 Å². The Bertz CT molecular complexity index is 588. The summed E-state index contributed by atoms with van der Waals surface area (Å²) in [7, 11) is -3.79. The fourth-order valence-corrected chi connectivity index (χ4v) is 4.00. The van der Waals surface area contributed by atoms with Gasteiger partial charge in [0.15, 0.2) is 0 Å². The fourth-order valence-electron chi connectivity index (χ4n) is 2.61. The van der Waals surface area contributed by atoms with Crippen molar-refractivity contribution < 1.29 is 12.8 Å². The van der Waals surface area contributed by atoms with Gasteiger partial charge in [-0.2, -0.15) is 0 Å². The summed E-state index contributed by atoms with van der Waals surface area (Å²) < 4.78 is 40.7. The Hall–Kier alpha value is -0.980. The van der Waals surface area contributed by atoms with Crippen molar-refractivity contribution >= 4 is 10.0 Å². The number of rotatable bonds is 3. The van der Waals surface area contributed by atoms with Gasteiger partial charge in [-0.3, -0.25) is 4.90 Å². The van der Waals surface area contributed by atoms with Crippen LogP contribution >= 0.6 is 0 Å². The summed E-state index contributed by atoms with van der Waals surface area (Å²) in [6, 6.07) is 5.34. The zero-order valence-corrected chi connectivity index (χ0v) is 13.6. The standard InChI is InChI=1S/C15H23FN2O2S/c1-15(2,3)18-10-8-12(9-11-18)17-21(19,20)14-7-5-4-6-13(14)16/h4-7,12,17H,8-11H2,1-3H3. The van der Waals surface area contributed by atoms with Crippen molar-refractivity contribution in [2.45, 2.75) is 50.1 Å². The van der Waals surface area contributed by atoms with Gasteiger partial charge in [0.1, 0.15) is 10.7 Å². The van der Waals surface area contributed by atoms with Gasteiger partial charge in [-0.1, -0.05) is 12.1 Å². The van der Waals surface area contributed by atoms with Crippen LogP contribution in [0.2, 0.25) is 0 Å². The van der Waals surface area contributed by atoms with E-state index >= 15 is 0 Å². The number of hydrogen-bond acceptors (Lipinski definition) is 3. The zero-order valence-electron chi connectivity index (χ0n) is 12.8. The number of likely N-dealkylation sites (tertiary alicyclic amines) is 1. The Balaban J connectivity index is 2.02. The molecule has 6 heteroatoms. The molecule has 1 fully saturated rings. The summed E-state index contributed by atoms with van der Waals surface area (Å²) in [5.74, 6) is -0.711. The van der Waals surface area contributed by atoms with Crippen LogP contribution in [-0.4, -0.2) is 38.0 Å². The second-order valence-corrected chi connectivity index (χ2v) is 8.17. The lowest BCUT2D eigenvalue weighted by atomic mass is 9.99. The number of sulfonamides is 1. The minimum atomic E-state index is -3.79. The molecule has 0 atom stereocenters. The third-order valence-corrected chi connectivity index (χ3v) is 5.45. The molecule has 1 aromatic rings. The maximum Gasteiger partial charge on any atom is 0.243 e. The molecule has 1 aliphatic rings. The SMILES string of the molecule is CC(C)(C)N1CCC(NS(=O)(=O)c2ccccc2F)CC1. The van der Waals surface area contributed by atoms with Gasteiger partial charge >= 0.3 is 0 Å². The lowest BCUT2D eigenvalue weighted by Crippen LogP contribution is -2.50. The molecule has 1 aromatic carbocycles. The second-order valence-electron chi connectivity index (χ2n) is 6.48. The predicted octanol–water partition coefficient (Wildman–Crippen LogP) is 2.37. The molecular formula is C15H23FN2O2S. The molecule has 0 unspecified atom stereocenters. The van der Waals surface area contributed by atoms with Gasteiger partial charge < -0.3 is 0 Å². The van der Waals surface area contributed by atoms with E-state index < -0.39 is 15.8 Å². The summed E-state index contributed by atoms with van der Waals surface area (Å²) in [5, 5.41) is 0. The Kier molecular flexibility index (Phi) is 4.70. The van der Waals surface area contributed by atoms with E-state index in [9.17, 15) is 12.8 Å². The van der Waals surface area contributed by atoms with Crippen LogP contribution in [0, 0.1) is 5.82 Å². The number of piperidine rings is 1. The lowest BCUT2D eigenvalue weighted by Gasteiger charge is -2.40. The Labute approximate surface area is 126 Å². The van der Waals surface area contributed by atoms with Crippen molar-refractivity contribution in [3.8, 4) is 0 Å². The van der Waals surface area contributed by atoms with Crippen LogP contribution in [0.5, 0.6) is 0 Å². The predicted molar refractivity (Wildman–Crippen MR) is 81.1 cm³/mol. The first-order chi connectivity index (χ1) is 9.70. The van der Waals surface area contributed by atoms with Gasteiger partial charge in [0, 0.05) is 24.7 Å². The zero-order chi connectivity index (χ0) is 15.7. The Morgan fingerprint density at radius 3 is 2.29 bits per heavy atom. The number of hydrogen-bond donors (Lipinski definition) is 1. The first-order valence-electron chi connectivity index (χ1n) is 7.22. The van der Waals surface area contributed by atoms with Crippen LogP contribution < -0.4 is 4.72 Å². The van der Waals surface area contributed by atoms with Gasteiger partial charge in [-0.25, -0.2) is 17.5 Å². The minimum Gasteiger partial charge on any atom is -0.298 e. The van der Waals surface area contributed by atoms with Crippen LogP contribution in [0.3, 0.4) is 0 Å². The summed E-state index contributed by atoms with van der Waals surface area (Å²) in [5.41, 5.74) is 0.0926. The third kappa shape index (κ3) is 4.02. The molecule has 0 radical (unpaired) electrons. The molecule has 2 rings (SSSR count). The first kappa shape index (κ1) is 16.4.